The summed E-state index contributed by atoms with van der Waals surface area (Å²) in [4.78, 5) is 14.3. The average Bonchev–Trinajstić information content (AvgIpc) is 2.25. The lowest BCUT2D eigenvalue weighted by atomic mass is 9.95. The maximum atomic E-state index is 12.4. The van der Waals surface area contributed by atoms with Gasteiger partial charge < -0.3 is 10.2 Å². The van der Waals surface area contributed by atoms with Crippen LogP contribution in [0.2, 0.25) is 0 Å². The Kier molecular flexibility index (Phi) is 4.54. The Morgan fingerprint density at radius 3 is 2.69 bits per heavy atom. The van der Waals surface area contributed by atoms with E-state index in [-0.39, 0.29) is 17.4 Å². The van der Waals surface area contributed by atoms with E-state index in [0.717, 1.165) is 25.9 Å². The SMILES string of the molecule is C=CCN(C(=O)C1CCCNC1)C(C)(C)C. The highest BCUT2D eigenvalue weighted by atomic mass is 16.2. The maximum absolute atomic E-state index is 12.4. The van der Waals surface area contributed by atoms with Gasteiger partial charge in [0.05, 0.1) is 5.92 Å². The Morgan fingerprint density at radius 2 is 2.25 bits per heavy atom. The smallest absolute Gasteiger partial charge is 0.227 e. The molecule has 1 heterocycles. The van der Waals surface area contributed by atoms with Gasteiger partial charge in [0.2, 0.25) is 5.91 Å². The number of rotatable bonds is 3. The third-order valence-corrected chi connectivity index (χ3v) is 3.03. The summed E-state index contributed by atoms with van der Waals surface area (Å²) < 4.78 is 0. The number of carbonyl (C=O) groups is 1. The van der Waals surface area contributed by atoms with Gasteiger partial charge in [-0.2, -0.15) is 0 Å². The number of carbonyl (C=O) groups excluding carboxylic acids is 1. The molecule has 1 amide bonds. The largest absolute Gasteiger partial charge is 0.334 e. The van der Waals surface area contributed by atoms with E-state index in [1.807, 2.05) is 4.90 Å². The Hall–Kier alpha value is -0.830. The number of piperidine rings is 1. The van der Waals surface area contributed by atoms with E-state index in [2.05, 4.69) is 32.7 Å². The summed E-state index contributed by atoms with van der Waals surface area (Å²) in [5.74, 6) is 0.410. The third kappa shape index (κ3) is 3.34. The summed E-state index contributed by atoms with van der Waals surface area (Å²) in [5.41, 5.74) is -0.122. The van der Waals surface area contributed by atoms with Crippen LogP contribution in [-0.2, 0) is 4.79 Å². The summed E-state index contributed by atoms with van der Waals surface area (Å²) in [6.45, 7) is 12.5. The van der Waals surface area contributed by atoms with Gasteiger partial charge in [0, 0.05) is 18.6 Å². The van der Waals surface area contributed by atoms with E-state index in [1.165, 1.54) is 0 Å². The molecule has 1 aliphatic rings. The van der Waals surface area contributed by atoms with Crippen LogP contribution in [-0.4, -0.2) is 36.0 Å². The van der Waals surface area contributed by atoms with Crippen LogP contribution in [0.5, 0.6) is 0 Å². The van der Waals surface area contributed by atoms with Crippen molar-refractivity contribution in [3.63, 3.8) is 0 Å². The van der Waals surface area contributed by atoms with Crippen LogP contribution in [0, 0.1) is 5.92 Å². The summed E-state index contributed by atoms with van der Waals surface area (Å²) >= 11 is 0. The monoisotopic (exact) mass is 224 g/mol. The van der Waals surface area contributed by atoms with Crippen LogP contribution in [0.3, 0.4) is 0 Å². The lowest BCUT2D eigenvalue weighted by Gasteiger charge is -2.38. The van der Waals surface area contributed by atoms with Crippen molar-refractivity contribution in [2.24, 2.45) is 5.92 Å². The summed E-state index contributed by atoms with van der Waals surface area (Å²) in [6, 6.07) is 0. The Morgan fingerprint density at radius 1 is 1.56 bits per heavy atom. The van der Waals surface area contributed by atoms with Gasteiger partial charge in [0.15, 0.2) is 0 Å². The van der Waals surface area contributed by atoms with Crippen molar-refractivity contribution in [3.8, 4) is 0 Å². The first-order valence-corrected chi connectivity index (χ1v) is 6.10. The zero-order valence-electron chi connectivity index (χ0n) is 10.8. The fraction of sp³-hybridized carbons (Fsp3) is 0.769. The molecule has 0 aromatic heterocycles. The summed E-state index contributed by atoms with van der Waals surface area (Å²) in [7, 11) is 0. The topological polar surface area (TPSA) is 32.3 Å². The third-order valence-electron chi connectivity index (χ3n) is 3.03. The van der Waals surface area contributed by atoms with Crippen molar-refractivity contribution in [3.05, 3.63) is 12.7 Å². The molecule has 3 heteroatoms. The second kappa shape index (κ2) is 5.48. The van der Waals surface area contributed by atoms with Crippen molar-refractivity contribution in [1.29, 1.82) is 0 Å². The molecule has 3 nitrogen and oxygen atoms in total. The van der Waals surface area contributed by atoms with E-state index in [9.17, 15) is 4.79 Å². The standard InChI is InChI=1S/C13H24N2O/c1-5-9-15(13(2,3)4)12(16)11-7-6-8-14-10-11/h5,11,14H,1,6-10H2,2-4H3. The molecule has 0 radical (unpaired) electrons. The van der Waals surface area contributed by atoms with Gasteiger partial charge >= 0.3 is 0 Å². The minimum Gasteiger partial charge on any atom is -0.334 e. The lowest BCUT2D eigenvalue weighted by molar-refractivity contribution is -0.140. The fourth-order valence-electron chi connectivity index (χ4n) is 2.11. The first-order valence-electron chi connectivity index (χ1n) is 6.10. The Labute approximate surface area is 98.9 Å². The second-order valence-corrected chi connectivity index (χ2v) is 5.45. The van der Waals surface area contributed by atoms with Crippen LogP contribution < -0.4 is 5.32 Å². The van der Waals surface area contributed by atoms with Gasteiger partial charge in [-0.05, 0) is 40.2 Å². The second-order valence-electron chi connectivity index (χ2n) is 5.45. The minimum absolute atomic E-state index is 0.122. The number of hydrogen-bond donors (Lipinski definition) is 1. The molecule has 1 saturated heterocycles. The molecule has 1 unspecified atom stereocenters. The molecule has 0 spiro atoms. The molecular weight excluding hydrogens is 200 g/mol. The van der Waals surface area contributed by atoms with Gasteiger partial charge in [0.25, 0.3) is 0 Å². The molecule has 0 aliphatic carbocycles. The van der Waals surface area contributed by atoms with Gasteiger partial charge in [-0.1, -0.05) is 6.08 Å². The Bertz CT molecular complexity index is 249. The molecule has 16 heavy (non-hydrogen) atoms. The van der Waals surface area contributed by atoms with Crippen molar-refractivity contribution >= 4 is 5.91 Å². The zero-order valence-corrected chi connectivity index (χ0v) is 10.8. The highest BCUT2D eigenvalue weighted by Crippen LogP contribution is 2.20. The lowest BCUT2D eigenvalue weighted by Crippen LogP contribution is -2.51. The summed E-state index contributed by atoms with van der Waals surface area (Å²) in [6.07, 6.45) is 3.91. The Balaban J connectivity index is 2.69. The molecule has 0 aromatic carbocycles. The van der Waals surface area contributed by atoms with Crippen LogP contribution in [0.4, 0.5) is 0 Å². The van der Waals surface area contributed by atoms with Gasteiger partial charge in [0.1, 0.15) is 0 Å². The molecule has 1 atom stereocenters. The van der Waals surface area contributed by atoms with E-state index >= 15 is 0 Å². The van der Waals surface area contributed by atoms with Crippen LogP contribution >= 0.6 is 0 Å². The molecule has 1 fully saturated rings. The van der Waals surface area contributed by atoms with Gasteiger partial charge in [-0.15, -0.1) is 6.58 Å². The van der Waals surface area contributed by atoms with Gasteiger partial charge in [-0.3, -0.25) is 4.79 Å². The normalized spacial score (nSPS) is 21.6. The predicted octanol–water partition coefficient (Wildman–Crippen LogP) is 1.80. The molecular formula is C13H24N2O. The molecule has 1 aliphatic heterocycles. The molecule has 1 N–H and O–H groups in total. The first kappa shape index (κ1) is 13.2. The van der Waals surface area contributed by atoms with Gasteiger partial charge in [-0.25, -0.2) is 0 Å². The predicted molar refractivity (Wildman–Crippen MR) is 67.3 cm³/mol. The van der Waals surface area contributed by atoms with Crippen molar-refractivity contribution in [2.75, 3.05) is 19.6 Å². The number of nitrogens with zero attached hydrogens (tertiary/aromatic N) is 1. The van der Waals surface area contributed by atoms with Crippen LogP contribution in [0.25, 0.3) is 0 Å². The summed E-state index contributed by atoms with van der Waals surface area (Å²) in [5, 5.41) is 3.29. The van der Waals surface area contributed by atoms with E-state index in [4.69, 9.17) is 0 Å². The maximum Gasteiger partial charge on any atom is 0.227 e. The van der Waals surface area contributed by atoms with Crippen LogP contribution in [0.15, 0.2) is 12.7 Å². The van der Waals surface area contributed by atoms with E-state index < -0.39 is 0 Å². The first-order chi connectivity index (χ1) is 7.46. The number of nitrogens with one attached hydrogen (secondary N) is 1. The minimum atomic E-state index is -0.122. The zero-order chi connectivity index (χ0) is 12.2. The fourth-order valence-corrected chi connectivity index (χ4v) is 2.11. The van der Waals surface area contributed by atoms with Crippen LogP contribution in [0.1, 0.15) is 33.6 Å². The average molecular weight is 224 g/mol. The molecule has 1 rings (SSSR count). The molecule has 0 saturated carbocycles. The van der Waals surface area contributed by atoms with Crippen molar-refractivity contribution < 1.29 is 4.79 Å². The van der Waals surface area contributed by atoms with E-state index in [1.54, 1.807) is 6.08 Å². The highest BCUT2D eigenvalue weighted by molar-refractivity contribution is 5.80. The van der Waals surface area contributed by atoms with Crippen molar-refractivity contribution in [1.82, 2.24) is 10.2 Å². The number of amides is 1. The van der Waals surface area contributed by atoms with Crippen molar-refractivity contribution in [2.45, 2.75) is 39.2 Å². The quantitative estimate of drug-likeness (QED) is 0.741. The molecule has 0 aromatic rings. The molecule has 0 bridgehead atoms. The highest BCUT2D eigenvalue weighted by Gasteiger charge is 2.31. The number of hydrogen-bond acceptors (Lipinski definition) is 2. The molecule has 92 valence electrons. The van der Waals surface area contributed by atoms with E-state index in [0.29, 0.717) is 6.54 Å².